The number of aryl methyl sites for hydroxylation is 2. The Morgan fingerprint density at radius 2 is 2.14 bits per heavy atom. The zero-order chi connectivity index (χ0) is 10.1. The van der Waals surface area contributed by atoms with Crippen LogP contribution in [0.15, 0.2) is 30.5 Å². The van der Waals surface area contributed by atoms with E-state index in [1.165, 1.54) is 5.56 Å². The van der Waals surface area contributed by atoms with E-state index in [1.807, 2.05) is 25.4 Å². The van der Waals surface area contributed by atoms with Crippen LogP contribution in [0.2, 0.25) is 0 Å². The molecule has 0 spiro atoms. The average molecular weight is 187 g/mol. The molecule has 0 aliphatic rings. The third-order valence-electron chi connectivity index (χ3n) is 2.15. The van der Waals surface area contributed by atoms with Crippen molar-refractivity contribution in [1.29, 1.82) is 0 Å². The summed E-state index contributed by atoms with van der Waals surface area (Å²) in [6.45, 7) is 2.06. The Kier molecular flexibility index (Phi) is 2.00. The van der Waals surface area contributed by atoms with Crippen molar-refractivity contribution in [2.45, 2.75) is 6.92 Å². The van der Waals surface area contributed by atoms with Crippen molar-refractivity contribution in [3.05, 3.63) is 36.0 Å². The average Bonchev–Trinajstić information content (AvgIpc) is 2.45. The summed E-state index contributed by atoms with van der Waals surface area (Å²) < 4.78 is 1.73. The number of rotatable bonds is 1. The van der Waals surface area contributed by atoms with Crippen LogP contribution in [-0.2, 0) is 7.05 Å². The molecule has 0 aliphatic carbocycles. The summed E-state index contributed by atoms with van der Waals surface area (Å²) in [4.78, 5) is 0. The molecular weight excluding hydrogens is 174 g/mol. The van der Waals surface area contributed by atoms with E-state index in [9.17, 15) is 0 Å². The molecule has 0 bridgehead atoms. The molecular formula is C11H13N3. The molecule has 2 aromatic rings. The Hall–Kier alpha value is -1.77. The molecule has 2 rings (SSSR count). The van der Waals surface area contributed by atoms with Gasteiger partial charge >= 0.3 is 0 Å². The Balaban J connectivity index is 2.54. The highest BCUT2D eigenvalue weighted by Gasteiger charge is 2.06. The van der Waals surface area contributed by atoms with Crippen LogP contribution in [0.3, 0.4) is 0 Å². The fourth-order valence-electron chi connectivity index (χ4n) is 1.52. The lowest BCUT2D eigenvalue weighted by Gasteiger charge is -1.99. The SMILES string of the molecule is Cc1cccc(-c2nn(C)cc2N)c1. The zero-order valence-electron chi connectivity index (χ0n) is 8.36. The lowest BCUT2D eigenvalue weighted by molar-refractivity contribution is 0.771. The van der Waals surface area contributed by atoms with E-state index in [-0.39, 0.29) is 0 Å². The van der Waals surface area contributed by atoms with Crippen molar-refractivity contribution in [2.24, 2.45) is 7.05 Å². The Morgan fingerprint density at radius 3 is 2.71 bits per heavy atom. The molecule has 0 saturated carbocycles. The number of benzene rings is 1. The quantitative estimate of drug-likeness (QED) is 0.741. The van der Waals surface area contributed by atoms with Crippen molar-refractivity contribution < 1.29 is 0 Å². The van der Waals surface area contributed by atoms with Gasteiger partial charge in [0.2, 0.25) is 0 Å². The van der Waals surface area contributed by atoms with Crippen LogP contribution < -0.4 is 5.73 Å². The highest BCUT2D eigenvalue weighted by atomic mass is 15.3. The molecule has 0 aliphatic heterocycles. The van der Waals surface area contributed by atoms with Gasteiger partial charge in [-0.15, -0.1) is 0 Å². The molecule has 0 unspecified atom stereocenters. The van der Waals surface area contributed by atoms with Crippen molar-refractivity contribution in [2.75, 3.05) is 5.73 Å². The van der Waals surface area contributed by atoms with Gasteiger partial charge in [0.05, 0.1) is 5.69 Å². The van der Waals surface area contributed by atoms with Crippen LogP contribution in [0, 0.1) is 6.92 Å². The monoisotopic (exact) mass is 187 g/mol. The van der Waals surface area contributed by atoms with E-state index in [0.717, 1.165) is 16.9 Å². The molecule has 0 amide bonds. The lowest BCUT2D eigenvalue weighted by Crippen LogP contribution is -1.88. The van der Waals surface area contributed by atoms with E-state index in [4.69, 9.17) is 5.73 Å². The summed E-state index contributed by atoms with van der Waals surface area (Å²) in [5.41, 5.74) is 9.71. The highest BCUT2D eigenvalue weighted by molar-refractivity contribution is 5.72. The van der Waals surface area contributed by atoms with Gasteiger partial charge < -0.3 is 5.73 Å². The Bertz CT molecular complexity index is 457. The largest absolute Gasteiger partial charge is 0.396 e. The summed E-state index contributed by atoms with van der Waals surface area (Å²) in [5.74, 6) is 0. The van der Waals surface area contributed by atoms with Gasteiger partial charge in [-0.1, -0.05) is 23.8 Å². The first-order chi connectivity index (χ1) is 6.66. The lowest BCUT2D eigenvalue weighted by atomic mass is 10.1. The van der Waals surface area contributed by atoms with Gasteiger partial charge in [-0.2, -0.15) is 5.10 Å². The van der Waals surface area contributed by atoms with Gasteiger partial charge in [-0.3, -0.25) is 4.68 Å². The van der Waals surface area contributed by atoms with E-state index >= 15 is 0 Å². The summed E-state index contributed by atoms with van der Waals surface area (Å²) in [7, 11) is 1.87. The van der Waals surface area contributed by atoms with Gasteiger partial charge in [-0.05, 0) is 13.0 Å². The van der Waals surface area contributed by atoms with Crippen molar-refractivity contribution in [1.82, 2.24) is 9.78 Å². The highest BCUT2D eigenvalue weighted by Crippen LogP contribution is 2.23. The van der Waals surface area contributed by atoms with E-state index in [0.29, 0.717) is 0 Å². The van der Waals surface area contributed by atoms with E-state index in [2.05, 4.69) is 24.2 Å². The Labute approximate surface area is 83.2 Å². The minimum Gasteiger partial charge on any atom is -0.396 e. The second kappa shape index (κ2) is 3.18. The predicted molar refractivity (Wildman–Crippen MR) is 57.8 cm³/mol. The molecule has 3 heteroatoms. The number of nitrogen functional groups attached to an aromatic ring is 1. The molecule has 1 heterocycles. The maximum absolute atomic E-state index is 5.84. The molecule has 72 valence electrons. The second-order valence-corrected chi connectivity index (χ2v) is 3.48. The van der Waals surface area contributed by atoms with E-state index < -0.39 is 0 Å². The number of hydrogen-bond donors (Lipinski definition) is 1. The van der Waals surface area contributed by atoms with Crippen molar-refractivity contribution in [3.8, 4) is 11.3 Å². The number of anilines is 1. The third kappa shape index (κ3) is 1.48. The fourth-order valence-corrected chi connectivity index (χ4v) is 1.52. The summed E-state index contributed by atoms with van der Waals surface area (Å²) in [6, 6.07) is 8.17. The standard InChI is InChI=1S/C11H13N3/c1-8-4-3-5-9(6-8)11-10(12)7-14(2)13-11/h3-7H,12H2,1-2H3. The summed E-state index contributed by atoms with van der Waals surface area (Å²) in [6.07, 6.45) is 1.82. The van der Waals surface area contributed by atoms with Gasteiger partial charge in [0.1, 0.15) is 5.69 Å². The van der Waals surface area contributed by atoms with Gasteiger partial charge in [0.15, 0.2) is 0 Å². The first-order valence-corrected chi connectivity index (χ1v) is 4.53. The van der Waals surface area contributed by atoms with Gasteiger partial charge in [0.25, 0.3) is 0 Å². The van der Waals surface area contributed by atoms with Crippen LogP contribution in [0.1, 0.15) is 5.56 Å². The van der Waals surface area contributed by atoms with Crippen LogP contribution in [-0.4, -0.2) is 9.78 Å². The second-order valence-electron chi connectivity index (χ2n) is 3.48. The van der Waals surface area contributed by atoms with Crippen LogP contribution in [0.4, 0.5) is 5.69 Å². The molecule has 0 atom stereocenters. The maximum atomic E-state index is 5.84. The maximum Gasteiger partial charge on any atom is 0.115 e. The molecule has 14 heavy (non-hydrogen) atoms. The number of hydrogen-bond acceptors (Lipinski definition) is 2. The summed E-state index contributed by atoms with van der Waals surface area (Å²) in [5, 5.41) is 4.31. The Morgan fingerprint density at radius 1 is 1.36 bits per heavy atom. The smallest absolute Gasteiger partial charge is 0.115 e. The molecule has 3 nitrogen and oxygen atoms in total. The minimum atomic E-state index is 0.720. The van der Waals surface area contributed by atoms with Crippen LogP contribution in [0.25, 0.3) is 11.3 Å². The first-order valence-electron chi connectivity index (χ1n) is 4.53. The predicted octanol–water partition coefficient (Wildman–Crippen LogP) is 1.98. The van der Waals surface area contributed by atoms with Gasteiger partial charge in [-0.25, -0.2) is 0 Å². The number of nitrogens with two attached hydrogens (primary N) is 1. The molecule has 1 aromatic heterocycles. The number of aromatic nitrogens is 2. The molecule has 2 N–H and O–H groups in total. The topological polar surface area (TPSA) is 43.8 Å². The third-order valence-corrected chi connectivity index (χ3v) is 2.15. The zero-order valence-corrected chi connectivity index (χ0v) is 8.36. The normalized spacial score (nSPS) is 10.4. The van der Waals surface area contributed by atoms with Crippen molar-refractivity contribution >= 4 is 5.69 Å². The summed E-state index contributed by atoms with van der Waals surface area (Å²) >= 11 is 0. The fraction of sp³-hybridized carbons (Fsp3) is 0.182. The minimum absolute atomic E-state index is 0.720. The molecule has 0 radical (unpaired) electrons. The van der Waals surface area contributed by atoms with Crippen LogP contribution in [0.5, 0.6) is 0 Å². The van der Waals surface area contributed by atoms with Crippen LogP contribution >= 0.6 is 0 Å². The molecule has 1 aromatic carbocycles. The first kappa shape index (κ1) is 8.81. The van der Waals surface area contributed by atoms with Gasteiger partial charge in [0, 0.05) is 18.8 Å². The van der Waals surface area contributed by atoms with Crippen molar-refractivity contribution in [3.63, 3.8) is 0 Å². The molecule has 0 saturated heterocycles. The molecule has 0 fully saturated rings. The van der Waals surface area contributed by atoms with E-state index in [1.54, 1.807) is 4.68 Å². The number of nitrogens with zero attached hydrogens (tertiary/aromatic N) is 2.